The fourth-order valence-corrected chi connectivity index (χ4v) is 5.20. The molecule has 0 atom stereocenters. The van der Waals surface area contributed by atoms with Crippen molar-refractivity contribution < 1.29 is 14.3 Å². The molecule has 6 heteroatoms. The largest absolute Gasteiger partial charge is 0.449 e. The van der Waals surface area contributed by atoms with E-state index in [1.165, 1.54) is 11.1 Å². The van der Waals surface area contributed by atoms with Crippen molar-refractivity contribution in [2.45, 2.75) is 17.4 Å². The molecule has 0 heterocycles. The molecule has 0 saturated carbocycles. The van der Waals surface area contributed by atoms with Crippen LogP contribution in [0.25, 0.3) is 22.3 Å². The van der Waals surface area contributed by atoms with Crippen LogP contribution in [0.4, 0.5) is 4.79 Å². The third-order valence-corrected chi connectivity index (χ3v) is 7.25. The number of amides is 1. The van der Waals surface area contributed by atoms with Gasteiger partial charge in [0.2, 0.25) is 0 Å². The number of halogens is 1. The Labute approximate surface area is 214 Å². The maximum atomic E-state index is 12.7. The second-order valence-electron chi connectivity index (χ2n) is 8.31. The van der Waals surface area contributed by atoms with Crippen molar-refractivity contribution in [3.05, 3.63) is 112 Å². The van der Waals surface area contributed by atoms with E-state index in [4.69, 9.17) is 16.3 Å². The van der Waals surface area contributed by atoms with Crippen LogP contribution in [0.2, 0.25) is 5.02 Å². The highest BCUT2D eigenvalue weighted by Crippen LogP contribution is 2.44. The van der Waals surface area contributed by atoms with Gasteiger partial charge in [-0.05, 0) is 39.4 Å². The lowest BCUT2D eigenvalue weighted by atomic mass is 9.95. The first-order valence-electron chi connectivity index (χ1n) is 11.2. The van der Waals surface area contributed by atoms with Crippen LogP contribution in [0.5, 0.6) is 0 Å². The van der Waals surface area contributed by atoms with Crippen LogP contribution in [-0.2, 0) is 11.3 Å². The Morgan fingerprint density at radius 3 is 2.14 bits per heavy atom. The molecular formula is C29H22ClNO3S. The zero-order valence-corrected chi connectivity index (χ0v) is 20.4. The fraction of sp³-hybridized carbons (Fsp3) is 0.103. The molecular weight excluding hydrogens is 478 g/mol. The highest BCUT2D eigenvalue weighted by Gasteiger charge is 2.29. The molecule has 0 saturated heterocycles. The molecule has 1 aliphatic carbocycles. The molecule has 4 aromatic carbocycles. The van der Waals surface area contributed by atoms with Crippen LogP contribution in [0, 0.1) is 0 Å². The molecule has 0 radical (unpaired) electrons. The van der Waals surface area contributed by atoms with Gasteiger partial charge in [0.05, 0.1) is 5.02 Å². The van der Waals surface area contributed by atoms with Crippen LogP contribution in [0.15, 0.2) is 89.8 Å². The summed E-state index contributed by atoms with van der Waals surface area (Å²) in [6, 6.07) is 27.2. The van der Waals surface area contributed by atoms with E-state index in [-0.39, 0.29) is 19.1 Å². The van der Waals surface area contributed by atoms with E-state index >= 15 is 0 Å². The van der Waals surface area contributed by atoms with Crippen molar-refractivity contribution >= 4 is 36.6 Å². The van der Waals surface area contributed by atoms with Crippen LogP contribution in [0.1, 0.15) is 33.0 Å². The Hall–Kier alpha value is -3.54. The summed E-state index contributed by atoms with van der Waals surface area (Å²) in [5, 5.41) is 3.31. The van der Waals surface area contributed by atoms with E-state index < -0.39 is 6.09 Å². The normalized spacial score (nSPS) is 12.1. The van der Waals surface area contributed by atoms with Gasteiger partial charge in [-0.25, -0.2) is 4.79 Å². The lowest BCUT2D eigenvalue weighted by Gasteiger charge is -2.17. The Bertz CT molecular complexity index is 1390. The number of alkyl carbamates (subject to hydrolysis) is 1. The van der Waals surface area contributed by atoms with Gasteiger partial charge in [0.25, 0.3) is 0 Å². The highest BCUT2D eigenvalue weighted by molar-refractivity contribution is 7.80. The fourth-order valence-electron chi connectivity index (χ4n) is 4.70. The third kappa shape index (κ3) is 4.45. The lowest BCUT2D eigenvalue weighted by molar-refractivity contribution is 0.112. The van der Waals surface area contributed by atoms with Gasteiger partial charge in [-0.2, -0.15) is 0 Å². The molecule has 0 aromatic heterocycles. The Morgan fingerprint density at radius 2 is 1.49 bits per heavy atom. The standard InChI is InChI=1S/C29H22ClNO3S/c30-26-14-13-18(27(28(26)35)20-8-2-1-7-19(20)16-32)15-31-29(33)34-17-25-23-11-5-3-9-21(23)22-10-4-6-12-24(22)25/h1-14,16,25,35H,15,17H2,(H,31,33). The maximum absolute atomic E-state index is 12.7. The minimum absolute atomic E-state index is 0.0113. The summed E-state index contributed by atoms with van der Waals surface area (Å²) in [5.74, 6) is -0.0113. The van der Waals surface area contributed by atoms with Crippen molar-refractivity contribution in [2.24, 2.45) is 0 Å². The molecule has 4 nitrogen and oxygen atoms in total. The monoisotopic (exact) mass is 499 g/mol. The summed E-state index contributed by atoms with van der Waals surface area (Å²) in [7, 11) is 0. The minimum Gasteiger partial charge on any atom is -0.449 e. The SMILES string of the molecule is O=Cc1ccccc1-c1c(CNC(=O)OCC2c3ccccc3-c3ccccc32)ccc(Cl)c1S. The number of aldehydes is 1. The van der Waals surface area contributed by atoms with Crippen LogP contribution in [0.3, 0.4) is 0 Å². The van der Waals surface area contributed by atoms with Gasteiger partial charge < -0.3 is 10.1 Å². The predicted molar refractivity (Wildman–Crippen MR) is 141 cm³/mol. The molecule has 0 aliphatic heterocycles. The average Bonchev–Trinajstić information content (AvgIpc) is 3.22. The zero-order chi connectivity index (χ0) is 24.4. The van der Waals surface area contributed by atoms with Crippen LogP contribution in [-0.4, -0.2) is 19.0 Å². The lowest BCUT2D eigenvalue weighted by Crippen LogP contribution is -2.26. The number of fused-ring (bicyclic) bond motifs is 3. The van der Waals surface area contributed by atoms with Gasteiger partial charge in [-0.15, -0.1) is 12.6 Å². The smallest absolute Gasteiger partial charge is 0.407 e. The van der Waals surface area contributed by atoms with Gasteiger partial charge >= 0.3 is 6.09 Å². The number of thiol groups is 1. The number of hydrogen-bond acceptors (Lipinski definition) is 4. The summed E-state index contributed by atoms with van der Waals surface area (Å²) in [4.78, 5) is 24.8. The minimum atomic E-state index is -0.517. The number of rotatable bonds is 6. The average molecular weight is 500 g/mol. The molecule has 0 bridgehead atoms. The summed E-state index contributed by atoms with van der Waals surface area (Å²) in [6.07, 6.45) is 0.281. The molecule has 1 N–H and O–H groups in total. The number of carbonyl (C=O) groups is 2. The van der Waals surface area contributed by atoms with Crippen molar-refractivity contribution in [2.75, 3.05) is 6.61 Å². The number of ether oxygens (including phenoxy) is 1. The Kier molecular flexibility index (Phi) is 6.62. The van der Waals surface area contributed by atoms with Gasteiger partial charge in [-0.1, -0.05) is 90.5 Å². The summed E-state index contributed by atoms with van der Waals surface area (Å²) in [6.45, 7) is 0.434. The molecule has 0 unspecified atom stereocenters. The van der Waals surface area contributed by atoms with E-state index in [1.54, 1.807) is 18.2 Å². The zero-order valence-electron chi connectivity index (χ0n) is 18.7. The second-order valence-corrected chi connectivity index (χ2v) is 9.17. The Morgan fingerprint density at radius 1 is 0.886 bits per heavy atom. The maximum Gasteiger partial charge on any atom is 0.407 e. The molecule has 35 heavy (non-hydrogen) atoms. The van der Waals surface area contributed by atoms with Crippen molar-refractivity contribution in [1.82, 2.24) is 5.32 Å². The number of hydrogen-bond donors (Lipinski definition) is 2. The molecule has 174 valence electrons. The van der Waals surface area contributed by atoms with Gasteiger partial charge in [0.15, 0.2) is 6.29 Å². The second kappa shape index (κ2) is 9.98. The summed E-state index contributed by atoms with van der Waals surface area (Å²) >= 11 is 10.9. The molecule has 1 amide bonds. The molecule has 5 rings (SSSR count). The first-order valence-corrected chi connectivity index (χ1v) is 12.0. The van der Waals surface area contributed by atoms with E-state index in [0.29, 0.717) is 26.6 Å². The molecule has 0 spiro atoms. The molecule has 0 fully saturated rings. The van der Waals surface area contributed by atoms with Gasteiger partial charge in [0.1, 0.15) is 6.61 Å². The van der Waals surface area contributed by atoms with E-state index in [2.05, 4.69) is 42.2 Å². The summed E-state index contributed by atoms with van der Waals surface area (Å²) in [5.41, 5.74) is 7.39. The molecule has 1 aliphatic rings. The van der Waals surface area contributed by atoms with E-state index in [1.807, 2.05) is 42.5 Å². The highest BCUT2D eigenvalue weighted by atomic mass is 35.5. The van der Waals surface area contributed by atoms with E-state index in [0.717, 1.165) is 23.0 Å². The van der Waals surface area contributed by atoms with Crippen molar-refractivity contribution in [1.29, 1.82) is 0 Å². The first-order chi connectivity index (χ1) is 17.1. The van der Waals surface area contributed by atoms with Crippen molar-refractivity contribution in [3.63, 3.8) is 0 Å². The third-order valence-electron chi connectivity index (χ3n) is 6.34. The van der Waals surface area contributed by atoms with Crippen LogP contribution >= 0.6 is 24.2 Å². The molecule has 4 aromatic rings. The van der Waals surface area contributed by atoms with Crippen molar-refractivity contribution in [3.8, 4) is 22.3 Å². The summed E-state index contributed by atoms with van der Waals surface area (Å²) < 4.78 is 5.65. The van der Waals surface area contributed by atoms with Gasteiger partial charge in [0, 0.05) is 28.5 Å². The predicted octanol–water partition coefficient (Wildman–Crippen LogP) is 7.15. The van der Waals surface area contributed by atoms with Crippen LogP contribution < -0.4 is 5.32 Å². The number of benzene rings is 4. The van der Waals surface area contributed by atoms with E-state index in [9.17, 15) is 9.59 Å². The van der Waals surface area contributed by atoms with Gasteiger partial charge in [-0.3, -0.25) is 4.79 Å². The quantitative estimate of drug-likeness (QED) is 0.219. The Balaban J connectivity index is 1.33. The number of nitrogens with one attached hydrogen (secondary N) is 1. The number of carbonyl (C=O) groups excluding carboxylic acids is 2. The topological polar surface area (TPSA) is 55.4 Å². The first kappa shape index (κ1) is 23.2.